The molecule has 9 heavy (non-hydrogen) atoms. The number of nitrogens with zero attached hydrogens (tertiary/aromatic N) is 2. The fraction of sp³-hybridized carbons (Fsp3) is 0.500. The van der Waals surface area contributed by atoms with Crippen LogP contribution in [0, 0.1) is 0 Å². The van der Waals surface area contributed by atoms with Crippen molar-refractivity contribution in [3.05, 3.63) is 0 Å². The summed E-state index contributed by atoms with van der Waals surface area (Å²) < 4.78 is 4.80. The number of nitrogens with one attached hydrogen (secondary N) is 1. The Balaban J connectivity index is 2.74. The van der Waals surface area contributed by atoms with Crippen LogP contribution in [-0.2, 0) is 0 Å². The minimum absolute atomic E-state index is 0.583. The summed E-state index contributed by atoms with van der Waals surface area (Å²) in [6.07, 6.45) is 0. The number of rotatable bonds is 2. The largest absolute Gasteiger partial charge is 0.472 e. The number of hydrogen-bond acceptors (Lipinski definition) is 5. The lowest BCUT2D eigenvalue weighted by molar-refractivity contribution is 0.407. The van der Waals surface area contributed by atoms with Crippen molar-refractivity contribution in [2.24, 2.45) is 0 Å². The second kappa shape index (κ2) is 2.63. The molecule has 4 nitrogen and oxygen atoms in total. The van der Waals surface area contributed by atoms with Crippen molar-refractivity contribution in [1.29, 1.82) is 0 Å². The van der Waals surface area contributed by atoms with Crippen LogP contribution < -0.4 is 10.1 Å². The van der Waals surface area contributed by atoms with Gasteiger partial charge in [0.15, 0.2) is 0 Å². The molecule has 1 rings (SSSR count). The van der Waals surface area contributed by atoms with Crippen molar-refractivity contribution in [2.45, 2.75) is 0 Å². The normalized spacial score (nSPS) is 9.11. The maximum atomic E-state index is 4.80. The average Bonchev–Trinajstić information content (AvgIpc) is 2.34. The predicted molar refractivity (Wildman–Crippen MR) is 36.0 cm³/mol. The maximum absolute atomic E-state index is 4.80. The molecule has 1 aromatic rings. The van der Waals surface area contributed by atoms with Crippen molar-refractivity contribution in [3.63, 3.8) is 0 Å². The molecule has 1 N–H and O–H groups in total. The molecular weight excluding hydrogens is 138 g/mol. The van der Waals surface area contributed by atoms with E-state index < -0.39 is 0 Å². The summed E-state index contributed by atoms with van der Waals surface area (Å²) >= 11 is 1.38. The van der Waals surface area contributed by atoms with Crippen molar-refractivity contribution in [1.82, 2.24) is 10.2 Å². The van der Waals surface area contributed by atoms with Crippen molar-refractivity contribution in [3.8, 4) is 5.19 Å². The van der Waals surface area contributed by atoms with E-state index in [-0.39, 0.29) is 0 Å². The summed E-state index contributed by atoms with van der Waals surface area (Å²) in [5, 5.41) is 11.6. The molecule has 0 saturated carbocycles. The van der Waals surface area contributed by atoms with Crippen molar-refractivity contribution < 1.29 is 4.74 Å². The molecule has 0 bridgehead atoms. The number of aromatic nitrogens is 2. The SMILES string of the molecule is CNc1nnc(OC)s1. The topological polar surface area (TPSA) is 47.0 Å². The van der Waals surface area contributed by atoms with Crippen LogP contribution in [0.1, 0.15) is 0 Å². The Morgan fingerprint density at radius 3 is 2.67 bits per heavy atom. The van der Waals surface area contributed by atoms with E-state index in [9.17, 15) is 0 Å². The molecule has 1 heterocycles. The summed E-state index contributed by atoms with van der Waals surface area (Å²) in [6, 6.07) is 0. The standard InChI is InChI=1S/C4H7N3OS/c1-5-3-6-7-4(8-2)9-3/h1-2H3,(H,5,6). The minimum atomic E-state index is 0.583. The van der Waals surface area contributed by atoms with Gasteiger partial charge in [-0.3, -0.25) is 0 Å². The van der Waals surface area contributed by atoms with E-state index in [1.807, 2.05) is 0 Å². The summed E-state index contributed by atoms with van der Waals surface area (Å²) in [4.78, 5) is 0. The molecule has 0 radical (unpaired) electrons. The van der Waals surface area contributed by atoms with Gasteiger partial charge in [0.25, 0.3) is 5.19 Å². The van der Waals surface area contributed by atoms with Crippen molar-refractivity contribution in [2.75, 3.05) is 19.5 Å². The molecule has 0 aliphatic heterocycles. The van der Waals surface area contributed by atoms with Crippen LogP contribution in [0.4, 0.5) is 5.13 Å². The van der Waals surface area contributed by atoms with E-state index in [2.05, 4.69) is 15.5 Å². The third kappa shape index (κ3) is 1.29. The van der Waals surface area contributed by atoms with Gasteiger partial charge in [-0.05, 0) is 11.3 Å². The highest BCUT2D eigenvalue weighted by atomic mass is 32.1. The summed E-state index contributed by atoms with van der Waals surface area (Å²) in [7, 11) is 3.36. The Morgan fingerprint density at radius 1 is 1.56 bits per heavy atom. The molecule has 0 saturated heterocycles. The zero-order valence-electron chi connectivity index (χ0n) is 5.21. The van der Waals surface area contributed by atoms with Gasteiger partial charge in [-0.2, -0.15) is 0 Å². The van der Waals surface area contributed by atoms with E-state index in [1.165, 1.54) is 11.3 Å². The average molecular weight is 145 g/mol. The van der Waals surface area contributed by atoms with Gasteiger partial charge in [-0.15, -0.1) is 5.10 Å². The van der Waals surface area contributed by atoms with Crippen molar-refractivity contribution >= 4 is 16.5 Å². The van der Waals surface area contributed by atoms with Gasteiger partial charge >= 0.3 is 0 Å². The lowest BCUT2D eigenvalue weighted by atomic mass is 11.1. The van der Waals surface area contributed by atoms with Crippen LogP contribution in [0.25, 0.3) is 0 Å². The number of hydrogen-bond donors (Lipinski definition) is 1. The predicted octanol–water partition coefficient (Wildman–Crippen LogP) is 0.588. The molecule has 0 amide bonds. The van der Waals surface area contributed by atoms with Crippen LogP contribution in [0.15, 0.2) is 0 Å². The zero-order valence-corrected chi connectivity index (χ0v) is 6.03. The number of methoxy groups -OCH3 is 1. The molecule has 0 spiro atoms. The number of ether oxygens (including phenoxy) is 1. The lowest BCUT2D eigenvalue weighted by Crippen LogP contribution is -1.84. The molecule has 50 valence electrons. The molecule has 0 aliphatic carbocycles. The first-order valence-electron chi connectivity index (χ1n) is 2.42. The quantitative estimate of drug-likeness (QED) is 0.661. The molecule has 1 aromatic heterocycles. The van der Waals surface area contributed by atoms with E-state index >= 15 is 0 Å². The Labute approximate surface area is 56.9 Å². The third-order valence-corrected chi connectivity index (χ3v) is 1.70. The Kier molecular flexibility index (Phi) is 1.84. The van der Waals surface area contributed by atoms with Gasteiger partial charge in [0.2, 0.25) is 5.13 Å². The van der Waals surface area contributed by atoms with Crippen LogP contribution in [-0.4, -0.2) is 24.4 Å². The molecular formula is C4H7N3OS. The maximum Gasteiger partial charge on any atom is 0.295 e. The van der Waals surface area contributed by atoms with Gasteiger partial charge in [0.05, 0.1) is 7.11 Å². The van der Waals surface area contributed by atoms with E-state index in [4.69, 9.17) is 4.74 Å². The van der Waals surface area contributed by atoms with E-state index in [0.717, 1.165) is 5.13 Å². The van der Waals surface area contributed by atoms with Crippen LogP contribution in [0.2, 0.25) is 0 Å². The molecule has 0 aromatic carbocycles. The fourth-order valence-electron chi connectivity index (χ4n) is 0.393. The molecule has 0 atom stereocenters. The van der Waals surface area contributed by atoms with Gasteiger partial charge in [0, 0.05) is 7.05 Å². The Hall–Kier alpha value is -0.840. The molecule has 5 heteroatoms. The minimum Gasteiger partial charge on any atom is -0.472 e. The summed E-state index contributed by atoms with van der Waals surface area (Å²) in [6.45, 7) is 0. The van der Waals surface area contributed by atoms with Crippen LogP contribution in [0.3, 0.4) is 0 Å². The van der Waals surface area contributed by atoms with Crippen LogP contribution >= 0.6 is 11.3 Å². The first kappa shape index (κ1) is 6.28. The smallest absolute Gasteiger partial charge is 0.295 e. The Bertz CT molecular complexity index is 169. The Morgan fingerprint density at radius 2 is 2.33 bits per heavy atom. The zero-order chi connectivity index (χ0) is 6.69. The van der Waals surface area contributed by atoms with Gasteiger partial charge in [0.1, 0.15) is 0 Å². The van der Waals surface area contributed by atoms with Crippen LogP contribution in [0.5, 0.6) is 5.19 Å². The van der Waals surface area contributed by atoms with Gasteiger partial charge < -0.3 is 10.1 Å². The van der Waals surface area contributed by atoms with E-state index in [0.29, 0.717) is 5.19 Å². The highest BCUT2D eigenvalue weighted by molar-refractivity contribution is 7.16. The highest BCUT2D eigenvalue weighted by Gasteiger charge is 1.98. The first-order valence-corrected chi connectivity index (χ1v) is 3.23. The summed E-state index contributed by atoms with van der Waals surface area (Å²) in [5.41, 5.74) is 0. The highest BCUT2D eigenvalue weighted by Crippen LogP contribution is 2.20. The monoisotopic (exact) mass is 145 g/mol. The second-order valence-corrected chi connectivity index (χ2v) is 2.27. The van der Waals surface area contributed by atoms with Gasteiger partial charge in [-0.1, -0.05) is 5.10 Å². The molecule has 0 fully saturated rings. The third-order valence-electron chi connectivity index (χ3n) is 0.795. The lowest BCUT2D eigenvalue weighted by Gasteiger charge is -1.85. The number of anilines is 1. The van der Waals surface area contributed by atoms with Gasteiger partial charge in [-0.25, -0.2) is 0 Å². The summed E-state index contributed by atoms with van der Waals surface area (Å²) in [5.74, 6) is 0. The molecule has 0 aliphatic rings. The fourth-order valence-corrected chi connectivity index (χ4v) is 0.907. The second-order valence-electron chi connectivity index (χ2n) is 1.33. The first-order chi connectivity index (χ1) is 4.36. The molecule has 0 unspecified atom stereocenters. The van der Waals surface area contributed by atoms with E-state index in [1.54, 1.807) is 14.2 Å².